The Kier molecular flexibility index (Phi) is 5.49. The molecule has 0 aromatic heterocycles. The topological polar surface area (TPSA) is 84.3 Å². The van der Waals surface area contributed by atoms with Crippen molar-refractivity contribution >= 4 is 23.0 Å². The smallest absolute Gasteiger partial charge is 0.376 e. The van der Waals surface area contributed by atoms with E-state index in [1.807, 2.05) is 0 Å². The third kappa shape index (κ3) is 4.71. The molecule has 0 aliphatic rings. The lowest BCUT2D eigenvalue weighted by Crippen LogP contribution is -2.22. The van der Waals surface area contributed by atoms with Crippen molar-refractivity contribution in [2.24, 2.45) is 0 Å². The molecule has 0 saturated carbocycles. The summed E-state index contributed by atoms with van der Waals surface area (Å²) in [5, 5.41) is 16.0. The minimum atomic E-state index is -4.49. The molecule has 0 radical (unpaired) electrons. The maximum atomic E-state index is 12.9. The van der Waals surface area contributed by atoms with Gasteiger partial charge in [0.15, 0.2) is 0 Å². The Hall–Kier alpha value is -3.10. The molecule has 0 atom stereocenters. The molecule has 1 amide bonds. The molecule has 0 aliphatic heterocycles. The van der Waals surface area contributed by atoms with Gasteiger partial charge in [0, 0.05) is 11.8 Å². The highest BCUT2D eigenvalue weighted by molar-refractivity contribution is 5.95. The van der Waals surface area contributed by atoms with E-state index >= 15 is 0 Å². The molecule has 9 heteroatoms. The lowest BCUT2D eigenvalue weighted by molar-refractivity contribution is -0.384. The molecule has 138 valence electrons. The van der Waals surface area contributed by atoms with Crippen LogP contribution in [0.15, 0.2) is 36.4 Å². The van der Waals surface area contributed by atoms with E-state index in [4.69, 9.17) is 0 Å². The van der Waals surface area contributed by atoms with E-state index in [-0.39, 0.29) is 29.2 Å². The van der Waals surface area contributed by atoms with Crippen LogP contribution in [0.2, 0.25) is 0 Å². The Morgan fingerprint density at radius 2 is 1.85 bits per heavy atom. The first-order valence-electron chi connectivity index (χ1n) is 7.54. The van der Waals surface area contributed by atoms with Crippen LogP contribution in [-0.2, 0) is 11.0 Å². The number of carbonyl (C=O) groups excluding carboxylic acids is 1. The largest absolute Gasteiger partial charge is 0.416 e. The van der Waals surface area contributed by atoms with Crippen LogP contribution in [0.1, 0.15) is 16.7 Å². The van der Waals surface area contributed by atoms with Gasteiger partial charge in [-0.15, -0.1) is 0 Å². The van der Waals surface area contributed by atoms with E-state index in [1.54, 1.807) is 13.0 Å². The Balaban J connectivity index is 2.08. The number of carbonyl (C=O) groups is 1. The van der Waals surface area contributed by atoms with Gasteiger partial charge in [0.2, 0.25) is 5.91 Å². The van der Waals surface area contributed by atoms with E-state index in [0.29, 0.717) is 5.56 Å². The summed E-state index contributed by atoms with van der Waals surface area (Å²) in [7, 11) is 0. The molecule has 0 saturated heterocycles. The van der Waals surface area contributed by atoms with E-state index in [9.17, 15) is 28.1 Å². The third-order valence-corrected chi connectivity index (χ3v) is 3.62. The molecular formula is C17H16F3N3O3. The molecule has 0 fully saturated rings. The number of hydrogen-bond donors (Lipinski definition) is 2. The second-order valence-corrected chi connectivity index (χ2v) is 5.71. The van der Waals surface area contributed by atoms with Crippen molar-refractivity contribution in [2.45, 2.75) is 20.0 Å². The zero-order chi connectivity index (χ0) is 19.5. The molecule has 2 rings (SSSR count). The van der Waals surface area contributed by atoms with Gasteiger partial charge in [-0.1, -0.05) is 12.1 Å². The molecule has 2 aromatic carbocycles. The molecule has 0 bridgehead atoms. The van der Waals surface area contributed by atoms with Gasteiger partial charge in [-0.3, -0.25) is 14.9 Å². The number of alkyl halides is 3. The van der Waals surface area contributed by atoms with Crippen LogP contribution in [0.4, 0.5) is 30.2 Å². The van der Waals surface area contributed by atoms with Crippen molar-refractivity contribution in [1.82, 2.24) is 0 Å². The van der Waals surface area contributed by atoms with Gasteiger partial charge in [-0.25, -0.2) is 0 Å². The number of nitro groups is 1. The predicted molar refractivity (Wildman–Crippen MR) is 91.1 cm³/mol. The van der Waals surface area contributed by atoms with Crippen LogP contribution < -0.4 is 10.6 Å². The number of aryl methyl sites for hydroxylation is 2. The zero-order valence-electron chi connectivity index (χ0n) is 14.0. The number of amides is 1. The van der Waals surface area contributed by atoms with Crippen molar-refractivity contribution in [1.29, 1.82) is 0 Å². The Bertz CT molecular complexity index is 851. The van der Waals surface area contributed by atoms with Crippen molar-refractivity contribution in [2.75, 3.05) is 17.2 Å². The number of halogens is 3. The van der Waals surface area contributed by atoms with Crippen molar-refractivity contribution in [3.63, 3.8) is 0 Å². The predicted octanol–water partition coefficient (Wildman–Crippen LogP) is 4.28. The van der Waals surface area contributed by atoms with Gasteiger partial charge in [-0.2, -0.15) is 13.2 Å². The fourth-order valence-corrected chi connectivity index (χ4v) is 2.31. The van der Waals surface area contributed by atoms with Crippen LogP contribution in [0.25, 0.3) is 0 Å². The molecule has 0 aliphatic carbocycles. The summed E-state index contributed by atoms with van der Waals surface area (Å²) in [6, 6.07) is 7.96. The Labute approximate surface area is 147 Å². The van der Waals surface area contributed by atoms with Crippen LogP contribution in [-0.4, -0.2) is 17.4 Å². The number of nitro benzene ring substituents is 1. The molecule has 0 unspecified atom stereocenters. The van der Waals surface area contributed by atoms with Gasteiger partial charge < -0.3 is 10.6 Å². The van der Waals surface area contributed by atoms with Crippen LogP contribution in [0.3, 0.4) is 0 Å². The molecule has 0 heterocycles. The first kappa shape index (κ1) is 19.2. The third-order valence-electron chi connectivity index (χ3n) is 3.62. The number of anilines is 2. The molecular weight excluding hydrogens is 351 g/mol. The molecule has 2 aromatic rings. The summed E-state index contributed by atoms with van der Waals surface area (Å²) in [6.45, 7) is 2.68. The standard InChI is InChI=1S/C17H16F3N3O3/c1-10-3-6-14(15(7-10)23(25)26)22-16(24)9-21-12-5-4-11(2)13(8-12)17(18,19)20/h3-8,21H,9H2,1-2H3,(H,22,24). The van der Waals surface area contributed by atoms with E-state index < -0.39 is 22.6 Å². The first-order valence-corrected chi connectivity index (χ1v) is 7.54. The number of rotatable bonds is 5. The number of nitrogens with zero attached hydrogens (tertiary/aromatic N) is 1. The Morgan fingerprint density at radius 1 is 1.15 bits per heavy atom. The first-order chi connectivity index (χ1) is 12.1. The lowest BCUT2D eigenvalue weighted by Gasteiger charge is -2.13. The molecule has 26 heavy (non-hydrogen) atoms. The van der Waals surface area contributed by atoms with E-state index in [1.165, 1.54) is 31.2 Å². The maximum Gasteiger partial charge on any atom is 0.416 e. The van der Waals surface area contributed by atoms with Crippen molar-refractivity contribution < 1.29 is 22.9 Å². The van der Waals surface area contributed by atoms with Gasteiger partial charge in [0.05, 0.1) is 17.0 Å². The second-order valence-electron chi connectivity index (χ2n) is 5.71. The summed E-state index contributed by atoms with van der Waals surface area (Å²) in [5.74, 6) is -0.619. The van der Waals surface area contributed by atoms with Crippen LogP contribution in [0.5, 0.6) is 0 Å². The molecule has 0 spiro atoms. The average Bonchev–Trinajstić information content (AvgIpc) is 2.54. The minimum absolute atomic E-state index is 0.0206. The van der Waals surface area contributed by atoms with E-state index in [0.717, 1.165) is 6.07 Å². The summed E-state index contributed by atoms with van der Waals surface area (Å²) in [5.41, 5.74) is -0.177. The summed E-state index contributed by atoms with van der Waals surface area (Å²) in [6.07, 6.45) is -4.49. The normalized spacial score (nSPS) is 11.1. The van der Waals surface area contributed by atoms with Crippen molar-refractivity contribution in [3.05, 3.63) is 63.2 Å². The quantitative estimate of drug-likeness (QED) is 0.610. The summed E-state index contributed by atoms with van der Waals surface area (Å²) < 4.78 is 38.7. The highest BCUT2D eigenvalue weighted by Gasteiger charge is 2.32. The fourth-order valence-electron chi connectivity index (χ4n) is 2.31. The van der Waals surface area contributed by atoms with E-state index in [2.05, 4.69) is 10.6 Å². The highest BCUT2D eigenvalue weighted by atomic mass is 19.4. The van der Waals surface area contributed by atoms with Crippen LogP contribution in [0, 0.1) is 24.0 Å². The van der Waals surface area contributed by atoms with Crippen LogP contribution >= 0.6 is 0 Å². The summed E-state index contributed by atoms with van der Waals surface area (Å²) >= 11 is 0. The number of hydrogen-bond acceptors (Lipinski definition) is 4. The molecule has 6 nitrogen and oxygen atoms in total. The lowest BCUT2D eigenvalue weighted by atomic mass is 10.1. The number of nitrogens with one attached hydrogen (secondary N) is 2. The SMILES string of the molecule is Cc1ccc(NC(=O)CNc2ccc(C)c(C(F)(F)F)c2)c([N+](=O)[O-])c1. The number of benzene rings is 2. The average molecular weight is 367 g/mol. The highest BCUT2D eigenvalue weighted by Crippen LogP contribution is 2.33. The van der Waals surface area contributed by atoms with Gasteiger partial charge in [-0.05, 0) is 43.2 Å². The van der Waals surface area contributed by atoms with Gasteiger partial charge >= 0.3 is 6.18 Å². The van der Waals surface area contributed by atoms with Gasteiger partial charge in [0.25, 0.3) is 5.69 Å². The second kappa shape index (κ2) is 7.42. The zero-order valence-corrected chi connectivity index (χ0v) is 14.0. The van der Waals surface area contributed by atoms with Gasteiger partial charge in [0.1, 0.15) is 5.69 Å². The summed E-state index contributed by atoms with van der Waals surface area (Å²) in [4.78, 5) is 22.4. The fraction of sp³-hybridized carbons (Fsp3) is 0.235. The minimum Gasteiger partial charge on any atom is -0.376 e. The Morgan fingerprint density at radius 3 is 2.46 bits per heavy atom. The maximum absolute atomic E-state index is 12.9. The monoisotopic (exact) mass is 367 g/mol. The molecule has 2 N–H and O–H groups in total. The van der Waals surface area contributed by atoms with Crippen molar-refractivity contribution in [3.8, 4) is 0 Å².